The van der Waals surface area contributed by atoms with Gasteiger partial charge >= 0.3 is 0 Å². The number of Topliss-reactive ketones (excluding diaryl/α,β-unsaturated/α-hetero) is 1. The summed E-state index contributed by atoms with van der Waals surface area (Å²) in [6, 6.07) is 7.45. The zero-order valence-electron chi connectivity index (χ0n) is 12.3. The van der Waals surface area contributed by atoms with Crippen molar-refractivity contribution in [1.29, 1.82) is 0 Å². The van der Waals surface area contributed by atoms with Gasteiger partial charge in [0, 0.05) is 23.7 Å². The number of ether oxygens (including phenoxy) is 2. The van der Waals surface area contributed by atoms with Crippen molar-refractivity contribution in [2.75, 3.05) is 13.7 Å². The maximum atomic E-state index is 11.1. The number of H-pyrrole nitrogens is 1. The summed E-state index contributed by atoms with van der Waals surface area (Å²) >= 11 is 0. The van der Waals surface area contributed by atoms with E-state index >= 15 is 0 Å². The van der Waals surface area contributed by atoms with Crippen molar-refractivity contribution in [2.24, 2.45) is 0 Å². The van der Waals surface area contributed by atoms with E-state index in [4.69, 9.17) is 9.47 Å². The molecule has 0 bridgehead atoms. The number of ketones is 1. The highest BCUT2D eigenvalue weighted by Gasteiger charge is 2.10. The van der Waals surface area contributed by atoms with E-state index in [0.717, 1.165) is 22.4 Å². The predicted octanol–water partition coefficient (Wildman–Crippen LogP) is 2.60. The van der Waals surface area contributed by atoms with Crippen molar-refractivity contribution < 1.29 is 14.3 Å². The van der Waals surface area contributed by atoms with Crippen molar-refractivity contribution in [2.45, 2.75) is 6.92 Å². The van der Waals surface area contributed by atoms with Crippen molar-refractivity contribution in [3.8, 4) is 22.8 Å². The number of carbonyl (C=O) groups excluding carboxylic acids is 1. The van der Waals surface area contributed by atoms with Crippen LogP contribution in [-0.4, -0.2) is 34.5 Å². The molecule has 0 amide bonds. The largest absolute Gasteiger partial charge is 0.493 e. The van der Waals surface area contributed by atoms with E-state index in [1.54, 1.807) is 25.6 Å². The molecule has 0 spiro atoms. The standard InChI is InChI=1S/C16H15N3O3/c1-10(20)9-22-15-7-11(3-4-14(15)21-2)12-8-13-16(19-12)18-6-5-17-13/h3-8H,9H2,1-2H3,(H,18,19). The molecule has 0 saturated heterocycles. The third-order valence-electron chi connectivity index (χ3n) is 3.17. The summed E-state index contributed by atoms with van der Waals surface area (Å²) in [5.74, 6) is 1.05. The van der Waals surface area contributed by atoms with E-state index in [0.29, 0.717) is 11.5 Å². The Labute approximate surface area is 127 Å². The van der Waals surface area contributed by atoms with Gasteiger partial charge in [0.25, 0.3) is 0 Å². The number of hydrogen-bond donors (Lipinski definition) is 1. The Bertz CT molecular complexity index is 793. The average molecular weight is 297 g/mol. The van der Waals surface area contributed by atoms with Gasteiger partial charge < -0.3 is 14.5 Å². The Hall–Kier alpha value is -2.89. The first-order valence-corrected chi connectivity index (χ1v) is 6.78. The van der Waals surface area contributed by atoms with Gasteiger partial charge in [0.2, 0.25) is 0 Å². The molecule has 6 heteroatoms. The molecule has 22 heavy (non-hydrogen) atoms. The fraction of sp³-hybridized carbons (Fsp3) is 0.188. The zero-order valence-corrected chi connectivity index (χ0v) is 12.3. The molecule has 3 rings (SSSR count). The molecule has 0 fully saturated rings. The van der Waals surface area contributed by atoms with E-state index in [1.807, 2.05) is 18.2 Å². The summed E-state index contributed by atoms with van der Waals surface area (Å²) < 4.78 is 10.8. The van der Waals surface area contributed by atoms with Crippen LogP contribution in [0.3, 0.4) is 0 Å². The van der Waals surface area contributed by atoms with E-state index in [9.17, 15) is 4.79 Å². The summed E-state index contributed by atoms with van der Waals surface area (Å²) in [6.07, 6.45) is 3.29. The predicted molar refractivity (Wildman–Crippen MR) is 82.1 cm³/mol. The SMILES string of the molecule is COc1ccc(-c2cc3nccnc3[nH]2)cc1OCC(C)=O. The number of nitrogens with one attached hydrogen (secondary N) is 1. The molecule has 6 nitrogen and oxygen atoms in total. The molecule has 2 heterocycles. The number of carbonyl (C=O) groups is 1. The molecule has 0 atom stereocenters. The quantitative estimate of drug-likeness (QED) is 0.783. The first-order valence-electron chi connectivity index (χ1n) is 6.78. The van der Waals surface area contributed by atoms with Crippen LogP contribution in [0.15, 0.2) is 36.7 Å². The zero-order chi connectivity index (χ0) is 15.5. The van der Waals surface area contributed by atoms with Crippen LogP contribution in [0.4, 0.5) is 0 Å². The van der Waals surface area contributed by atoms with Crippen LogP contribution in [0, 0.1) is 0 Å². The molecule has 112 valence electrons. The maximum absolute atomic E-state index is 11.1. The Morgan fingerprint density at radius 3 is 2.73 bits per heavy atom. The molecule has 0 saturated carbocycles. The van der Waals surface area contributed by atoms with Gasteiger partial charge in [0.1, 0.15) is 12.1 Å². The van der Waals surface area contributed by atoms with Gasteiger partial charge in [-0.3, -0.25) is 9.78 Å². The van der Waals surface area contributed by atoms with Crippen LogP contribution in [0.1, 0.15) is 6.92 Å². The number of benzene rings is 1. The second-order valence-corrected chi connectivity index (χ2v) is 4.83. The Morgan fingerprint density at radius 2 is 2.00 bits per heavy atom. The second-order valence-electron chi connectivity index (χ2n) is 4.83. The van der Waals surface area contributed by atoms with Gasteiger partial charge in [0.05, 0.1) is 7.11 Å². The fourth-order valence-corrected chi connectivity index (χ4v) is 2.14. The minimum Gasteiger partial charge on any atom is -0.493 e. The molecule has 1 aromatic carbocycles. The Kier molecular flexibility index (Phi) is 3.74. The van der Waals surface area contributed by atoms with Crippen molar-refractivity contribution in [3.63, 3.8) is 0 Å². The van der Waals surface area contributed by atoms with Gasteiger partial charge in [-0.1, -0.05) is 0 Å². The molecular formula is C16H15N3O3. The molecule has 0 aliphatic heterocycles. The summed E-state index contributed by atoms with van der Waals surface area (Å²) in [5.41, 5.74) is 3.29. The van der Waals surface area contributed by atoms with Crippen LogP contribution < -0.4 is 9.47 Å². The van der Waals surface area contributed by atoms with Crippen LogP contribution >= 0.6 is 0 Å². The molecule has 0 unspecified atom stereocenters. The van der Waals surface area contributed by atoms with Crippen LogP contribution in [0.5, 0.6) is 11.5 Å². The number of aromatic nitrogens is 3. The highest BCUT2D eigenvalue weighted by Crippen LogP contribution is 2.32. The Balaban J connectivity index is 1.99. The molecule has 0 aliphatic carbocycles. The molecular weight excluding hydrogens is 282 g/mol. The lowest BCUT2D eigenvalue weighted by atomic mass is 10.1. The lowest BCUT2D eigenvalue weighted by Gasteiger charge is -2.10. The summed E-state index contributed by atoms with van der Waals surface area (Å²) in [6.45, 7) is 1.49. The number of hydrogen-bond acceptors (Lipinski definition) is 5. The fourth-order valence-electron chi connectivity index (χ4n) is 2.14. The lowest BCUT2D eigenvalue weighted by molar-refractivity contribution is -0.118. The average Bonchev–Trinajstić information content (AvgIpc) is 2.96. The Morgan fingerprint density at radius 1 is 1.18 bits per heavy atom. The first kappa shape index (κ1) is 14.1. The van der Waals surface area contributed by atoms with Gasteiger partial charge in [-0.25, -0.2) is 4.98 Å². The van der Waals surface area contributed by atoms with Crippen LogP contribution in [0.25, 0.3) is 22.4 Å². The molecule has 3 aromatic rings. The summed E-state index contributed by atoms with van der Waals surface area (Å²) in [7, 11) is 1.56. The third kappa shape index (κ3) is 2.76. The minimum atomic E-state index is -0.0496. The smallest absolute Gasteiger partial charge is 0.167 e. The van der Waals surface area contributed by atoms with Gasteiger partial charge in [-0.2, -0.15) is 0 Å². The molecule has 0 aliphatic rings. The maximum Gasteiger partial charge on any atom is 0.167 e. The van der Waals surface area contributed by atoms with Crippen molar-refractivity contribution in [1.82, 2.24) is 15.0 Å². The first-order chi connectivity index (χ1) is 10.7. The molecule has 0 radical (unpaired) electrons. The van der Waals surface area contributed by atoms with Crippen LogP contribution in [-0.2, 0) is 4.79 Å². The number of nitrogens with zero attached hydrogens (tertiary/aromatic N) is 2. The highest BCUT2D eigenvalue weighted by molar-refractivity contribution is 5.80. The number of rotatable bonds is 5. The molecule has 1 N–H and O–H groups in total. The van der Waals surface area contributed by atoms with Crippen molar-refractivity contribution in [3.05, 3.63) is 36.7 Å². The van der Waals surface area contributed by atoms with E-state index in [2.05, 4.69) is 15.0 Å². The number of aromatic amines is 1. The third-order valence-corrected chi connectivity index (χ3v) is 3.17. The number of fused-ring (bicyclic) bond motifs is 1. The van der Waals surface area contributed by atoms with Gasteiger partial charge in [-0.15, -0.1) is 0 Å². The van der Waals surface area contributed by atoms with E-state index in [-0.39, 0.29) is 12.4 Å². The summed E-state index contributed by atoms with van der Waals surface area (Å²) in [4.78, 5) is 22.8. The van der Waals surface area contributed by atoms with E-state index < -0.39 is 0 Å². The lowest BCUT2D eigenvalue weighted by Crippen LogP contribution is -2.07. The molecule has 2 aromatic heterocycles. The monoisotopic (exact) mass is 297 g/mol. The highest BCUT2D eigenvalue weighted by atomic mass is 16.5. The summed E-state index contributed by atoms with van der Waals surface area (Å²) in [5, 5.41) is 0. The minimum absolute atomic E-state index is 0.00955. The second kappa shape index (κ2) is 5.85. The van der Waals surface area contributed by atoms with Gasteiger partial charge in [-0.05, 0) is 31.2 Å². The van der Waals surface area contributed by atoms with Crippen LogP contribution in [0.2, 0.25) is 0 Å². The number of methoxy groups -OCH3 is 1. The normalized spacial score (nSPS) is 10.6. The van der Waals surface area contributed by atoms with E-state index in [1.165, 1.54) is 6.92 Å². The van der Waals surface area contributed by atoms with Gasteiger partial charge in [0.15, 0.2) is 22.9 Å². The topological polar surface area (TPSA) is 77.1 Å². The van der Waals surface area contributed by atoms with Crippen molar-refractivity contribution >= 4 is 16.9 Å².